The van der Waals surface area contributed by atoms with Crippen LogP contribution in [0.1, 0.15) is 28.4 Å². The lowest BCUT2D eigenvalue weighted by molar-refractivity contribution is -0.119. The Morgan fingerprint density at radius 3 is 2.57 bits per heavy atom. The lowest BCUT2D eigenvalue weighted by Crippen LogP contribution is -2.32. The van der Waals surface area contributed by atoms with Crippen molar-refractivity contribution in [3.63, 3.8) is 0 Å². The van der Waals surface area contributed by atoms with Crippen LogP contribution in [0, 0.1) is 0 Å². The number of Topliss-reactive ketones (excluding diaryl/α,β-unsaturated/α-hetero) is 1. The van der Waals surface area contributed by atoms with Crippen LogP contribution >= 0.6 is 11.8 Å². The van der Waals surface area contributed by atoms with Crippen LogP contribution in [0.4, 0.5) is 0 Å². The zero-order valence-electron chi connectivity index (χ0n) is 11.9. The van der Waals surface area contributed by atoms with E-state index in [0.29, 0.717) is 0 Å². The van der Waals surface area contributed by atoms with Crippen LogP contribution in [0.2, 0.25) is 0 Å². The second kappa shape index (κ2) is 6.46. The van der Waals surface area contributed by atoms with Crippen LogP contribution in [0.25, 0.3) is 0 Å². The number of aryl methyl sites for hydroxylation is 1. The summed E-state index contributed by atoms with van der Waals surface area (Å²) in [6, 6.07) is 18.2. The average molecular weight is 297 g/mol. The van der Waals surface area contributed by atoms with Gasteiger partial charge < -0.3 is 5.73 Å². The molecule has 1 aliphatic rings. The van der Waals surface area contributed by atoms with E-state index in [-0.39, 0.29) is 17.1 Å². The second-order valence-electron chi connectivity index (χ2n) is 5.42. The van der Waals surface area contributed by atoms with Gasteiger partial charge >= 0.3 is 0 Å². The van der Waals surface area contributed by atoms with E-state index < -0.39 is 0 Å². The molecule has 3 heteroatoms. The first kappa shape index (κ1) is 14.4. The largest absolute Gasteiger partial charge is 0.321 e. The molecule has 2 atom stereocenters. The Hall–Kier alpha value is -1.58. The molecule has 1 aliphatic carbocycles. The SMILES string of the molecule is NC1CCc2ccccc2C(SCc2ccccc2)C1=O. The predicted molar refractivity (Wildman–Crippen MR) is 88.2 cm³/mol. The zero-order chi connectivity index (χ0) is 14.7. The fourth-order valence-corrected chi connectivity index (χ4v) is 4.04. The molecule has 2 unspecified atom stereocenters. The minimum absolute atomic E-state index is 0.140. The number of hydrogen-bond acceptors (Lipinski definition) is 3. The molecular formula is C18H19NOS. The van der Waals surface area contributed by atoms with E-state index in [1.165, 1.54) is 11.1 Å². The first-order chi connectivity index (χ1) is 10.3. The topological polar surface area (TPSA) is 43.1 Å². The van der Waals surface area contributed by atoms with Crippen LogP contribution in [0.3, 0.4) is 0 Å². The van der Waals surface area contributed by atoms with Gasteiger partial charge in [0.15, 0.2) is 5.78 Å². The summed E-state index contributed by atoms with van der Waals surface area (Å²) in [5.74, 6) is 0.999. The van der Waals surface area contributed by atoms with E-state index in [1.807, 2.05) is 30.3 Å². The highest BCUT2D eigenvalue weighted by molar-refractivity contribution is 7.99. The smallest absolute Gasteiger partial charge is 0.166 e. The molecule has 108 valence electrons. The first-order valence-electron chi connectivity index (χ1n) is 7.28. The van der Waals surface area contributed by atoms with Gasteiger partial charge in [0.1, 0.15) is 0 Å². The average Bonchev–Trinajstić information content (AvgIpc) is 2.65. The Balaban J connectivity index is 1.85. The van der Waals surface area contributed by atoms with Crippen molar-refractivity contribution in [3.05, 3.63) is 71.3 Å². The number of nitrogens with two attached hydrogens (primary N) is 1. The maximum Gasteiger partial charge on any atom is 0.166 e. The molecule has 2 nitrogen and oxygen atoms in total. The Bertz CT molecular complexity index is 626. The molecule has 0 saturated carbocycles. The van der Waals surface area contributed by atoms with Crippen molar-refractivity contribution in [1.82, 2.24) is 0 Å². The van der Waals surface area contributed by atoms with E-state index in [0.717, 1.165) is 24.2 Å². The Morgan fingerprint density at radius 2 is 1.76 bits per heavy atom. The molecule has 0 fully saturated rings. The summed E-state index contributed by atoms with van der Waals surface area (Å²) in [4.78, 5) is 12.6. The van der Waals surface area contributed by atoms with Crippen molar-refractivity contribution < 1.29 is 4.79 Å². The van der Waals surface area contributed by atoms with Crippen molar-refractivity contribution in [1.29, 1.82) is 0 Å². The minimum atomic E-state index is -0.342. The third-order valence-corrected chi connectivity index (χ3v) is 5.27. The van der Waals surface area contributed by atoms with Crippen molar-refractivity contribution in [2.45, 2.75) is 29.9 Å². The third kappa shape index (κ3) is 3.20. The summed E-state index contributed by atoms with van der Waals surface area (Å²) in [5.41, 5.74) is 9.71. The molecule has 0 aliphatic heterocycles. The molecule has 21 heavy (non-hydrogen) atoms. The number of ketones is 1. The van der Waals surface area contributed by atoms with Crippen molar-refractivity contribution in [2.75, 3.05) is 0 Å². The molecule has 2 aromatic rings. The molecule has 2 N–H and O–H groups in total. The quantitative estimate of drug-likeness (QED) is 0.882. The highest BCUT2D eigenvalue weighted by Gasteiger charge is 2.30. The number of carbonyl (C=O) groups is 1. The number of benzene rings is 2. The Morgan fingerprint density at radius 1 is 1.05 bits per heavy atom. The molecule has 0 saturated heterocycles. The fourth-order valence-electron chi connectivity index (χ4n) is 2.74. The van der Waals surface area contributed by atoms with Gasteiger partial charge in [-0.2, -0.15) is 0 Å². The molecule has 2 aromatic carbocycles. The molecule has 0 bridgehead atoms. The van der Waals surface area contributed by atoms with Crippen LogP contribution in [-0.4, -0.2) is 11.8 Å². The van der Waals surface area contributed by atoms with Gasteiger partial charge in [0, 0.05) is 5.75 Å². The summed E-state index contributed by atoms with van der Waals surface area (Å²) in [6.07, 6.45) is 1.64. The number of rotatable bonds is 3. The maximum atomic E-state index is 12.6. The summed E-state index contributed by atoms with van der Waals surface area (Å²) in [6.45, 7) is 0. The highest BCUT2D eigenvalue weighted by atomic mass is 32.2. The van der Waals surface area contributed by atoms with Crippen molar-refractivity contribution in [2.24, 2.45) is 5.73 Å². The zero-order valence-corrected chi connectivity index (χ0v) is 12.7. The maximum absolute atomic E-state index is 12.6. The van der Waals surface area contributed by atoms with Gasteiger partial charge in [0.05, 0.1) is 11.3 Å². The minimum Gasteiger partial charge on any atom is -0.321 e. The van der Waals surface area contributed by atoms with Crippen LogP contribution in [-0.2, 0) is 17.0 Å². The van der Waals surface area contributed by atoms with E-state index >= 15 is 0 Å². The van der Waals surface area contributed by atoms with Crippen LogP contribution in [0.15, 0.2) is 54.6 Å². The number of fused-ring (bicyclic) bond motifs is 1. The van der Waals surface area contributed by atoms with Crippen molar-refractivity contribution in [3.8, 4) is 0 Å². The van der Waals surface area contributed by atoms with E-state index in [4.69, 9.17) is 5.73 Å². The molecular weight excluding hydrogens is 278 g/mol. The van der Waals surface area contributed by atoms with E-state index in [1.54, 1.807) is 11.8 Å². The number of hydrogen-bond donors (Lipinski definition) is 1. The lowest BCUT2D eigenvalue weighted by atomic mass is 10.0. The first-order valence-corrected chi connectivity index (χ1v) is 8.33. The highest BCUT2D eigenvalue weighted by Crippen LogP contribution is 2.37. The molecule has 0 aromatic heterocycles. The third-order valence-electron chi connectivity index (χ3n) is 3.95. The predicted octanol–water partition coefficient (Wildman–Crippen LogP) is 3.50. The summed E-state index contributed by atoms with van der Waals surface area (Å²) in [5, 5.41) is -0.140. The summed E-state index contributed by atoms with van der Waals surface area (Å²) < 4.78 is 0. The Kier molecular flexibility index (Phi) is 4.42. The van der Waals surface area contributed by atoms with Gasteiger partial charge in [-0.15, -0.1) is 11.8 Å². The van der Waals surface area contributed by atoms with E-state index in [2.05, 4.69) is 24.3 Å². The van der Waals surface area contributed by atoms with Crippen LogP contribution in [0.5, 0.6) is 0 Å². The summed E-state index contributed by atoms with van der Waals surface area (Å²) in [7, 11) is 0. The number of carbonyl (C=O) groups excluding carboxylic acids is 1. The summed E-state index contributed by atoms with van der Waals surface area (Å²) >= 11 is 1.69. The van der Waals surface area contributed by atoms with E-state index in [9.17, 15) is 4.79 Å². The van der Waals surface area contributed by atoms with Crippen LogP contribution < -0.4 is 5.73 Å². The number of thioether (sulfide) groups is 1. The Labute approximate surface area is 129 Å². The van der Waals surface area contributed by atoms with Gasteiger partial charge in [-0.05, 0) is 29.5 Å². The van der Waals surface area contributed by atoms with Gasteiger partial charge in [0.25, 0.3) is 0 Å². The molecule has 0 spiro atoms. The van der Waals surface area contributed by atoms with Gasteiger partial charge in [0.2, 0.25) is 0 Å². The van der Waals surface area contributed by atoms with Crippen molar-refractivity contribution >= 4 is 17.5 Å². The normalized spacial score (nSPS) is 21.7. The van der Waals surface area contributed by atoms with Gasteiger partial charge in [-0.25, -0.2) is 0 Å². The lowest BCUT2D eigenvalue weighted by Gasteiger charge is -2.18. The second-order valence-corrected chi connectivity index (χ2v) is 6.52. The monoisotopic (exact) mass is 297 g/mol. The van der Waals surface area contributed by atoms with Gasteiger partial charge in [-0.1, -0.05) is 54.6 Å². The molecule has 0 amide bonds. The molecule has 0 heterocycles. The van der Waals surface area contributed by atoms with Gasteiger partial charge in [-0.3, -0.25) is 4.79 Å². The standard InChI is InChI=1S/C18H19NOS/c19-16-11-10-14-8-4-5-9-15(14)18(17(16)20)21-12-13-6-2-1-3-7-13/h1-9,16,18H,10-12,19H2. The fraction of sp³-hybridized carbons (Fsp3) is 0.278. The molecule has 3 rings (SSSR count). The molecule has 0 radical (unpaired) electrons.